The van der Waals surface area contributed by atoms with Crippen LogP contribution in [0.3, 0.4) is 0 Å². The van der Waals surface area contributed by atoms with E-state index in [1.54, 1.807) is 7.11 Å². The second-order valence-electron chi connectivity index (χ2n) is 4.02. The molecule has 0 aliphatic carbocycles. The minimum atomic E-state index is 0.893. The Morgan fingerprint density at radius 3 is 2.41 bits per heavy atom. The first kappa shape index (κ1) is 11.7. The van der Waals surface area contributed by atoms with Crippen molar-refractivity contribution < 1.29 is 4.74 Å². The lowest BCUT2D eigenvalue weighted by Gasteiger charge is -2.05. The molecule has 0 aliphatic rings. The maximum Gasteiger partial charge on any atom is 0.119 e. The molecule has 0 atom stereocenters. The van der Waals surface area contributed by atoms with Gasteiger partial charge in [-0.05, 0) is 35.2 Å². The van der Waals surface area contributed by atoms with Gasteiger partial charge >= 0.3 is 0 Å². The summed E-state index contributed by atoms with van der Waals surface area (Å²) < 4.78 is 5.21. The van der Waals surface area contributed by atoms with Crippen LogP contribution >= 0.6 is 0 Å². The maximum absolute atomic E-state index is 5.21. The second-order valence-corrected chi connectivity index (χ2v) is 4.02. The maximum atomic E-state index is 5.21. The van der Waals surface area contributed by atoms with Crippen LogP contribution < -0.4 is 4.74 Å². The zero-order valence-corrected chi connectivity index (χ0v) is 10.3. The van der Waals surface area contributed by atoms with Crippen molar-refractivity contribution in [1.82, 2.24) is 0 Å². The average molecular weight is 225 g/mol. The molecule has 0 heterocycles. The molecule has 2 aromatic rings. The van der Waals surface area contributed by atoms with E-state index in [-0.39, 0.29) is 0 Å². The van der Waals surface area contributed by atoms with E-state index in [0.29, 0.717) is 0 Å². The first-order valence-electron chi connectivity index (χ1n) is 5.89. The van der Waals surface area contributed by atoms with E-state index in [1.165, 1.54) is 11.1 Å². The molecule has 0 unspecified atom stereocenters. The lowest BCUT2D eigenvalue weighted by molar-refractivity contribution is 0.414. The molecule has 0 aromatic heterocycles. The summed E-state index contributed by atoms with van der Waals surface area (Å²) >= 11 is 0. The van der Waals surface area contributed by atoms with Gasteiger partial charge in [-0.1, -0.05) is 43.3 Å². The Kier molecular flexibility index (Phi) is 3.81. The zero-order valence-electron chi connectivity index (χ0n) is 10.3. The predicted octanol–water partition coefficient (Wildman–Crippen LogP) is 3.86. The van der Waals surface area contributed by atoms with Crippen molar-refractivity contribution in [2.45, 2.75) is 13.3 Å². The Hall–Kier alpha value is -1.76. The van der Waals surface area contributed by atoms with Gasteiger partial charge in [0.25, 0.3) is 0 Å². The molecule has 0 bridgehead atoms. The van der Waals surface area contributed by atoms with Gasteiger partial charge in [0.05, 0.1) is 7.11 Å². The highest BCUT2D eigenvalue weighted by atomic mass is 16.5. The summed E-state index contributed by atoms with van der Waals surface area (Å²) in [4.78, 5) is 0. The van der Waals surface area contributed by atoms with Gasteiger partial charge < -0.3 is 4.74 Å². The monoisotopic (exact) mass is 225 g/mol. The van der Waals surface area contributed by atoms with Gasteiger partial charge in [-0.25, -0.2) is 0 Å². The van der Waals surface area contributed by atoms with Gasteiger partial charge in [-0.2, -0.15) is 0 Å². The summed E-state index contributed by atoms with van der Waals surface area (Å²) in [6.45, 7) is 2.17. The highest BCUT2D eigenvalue weighted by molar-refractivity contribution is 5.41. The van der Waals surface area contributed by atoms with Gasteiger partial charge in [0.1, 0.15) is 5.75 Å². The molecule has 0 saturated heterocycles. The summed E-state index contributed by atoms with van der Waals surface area (Å²) in [5, 5.41) is 0. The summed E-state index contributed by atoms with van der Waals surface area (Å²) in [7, 11) is 1.69. The Morgan fingerprint density at radius 2 is 1.76 bits per heavy atom. The smallest absolute Gasteiger partial charge is 0.119 e. The molecular formula is C16H17O. The highest BCUT2D eigenvalue weighted by Gasteiger charge is 1.99. The molecule has 0 spiro atoms. The van der Waals surface area contributed by atoms with Crippen molar-refractivity contribution in [2.75, 3.05) is 7.11 Å². The molecule has 2 rings (SSSR count). The molecule has 0 saturated carbocycles. The van der Waals surface area contributed by atoms with Crippen LogP contribution in [-0.4, -0.2) is 7.11 Å². The molecule has 0 amide bonds. The molecule has 1 radical (unpaired) electrons. The minimum absolute atomic E-state index is 0.893. The number of hydrogen-bond donors (Lipinski definition) is 0. The van der Waals surface area contributed by atoms with E-state index in [9.17, 15) is 0 Å². The molecule has 0 N–H and O–H groups in total. The summed E-state index contributed by atoms with van der Waals surface area (Å²) in [5.41, 5.74) is 3.75. The third kappa shape index (κ3) is 3.10. The molecular weight excluding hydrogens is 208 g/mol. The molecule has 1 nitrogen and oxygen atoms in total. The van der Waals surface area contributed by atoms with Gasteiger partial charge in [0, 0.05) is 6.42 Å². The predicted molar refractivity (Wildman–Crippen MR) is 71.3 cm³/mol. The van der Waals surface area contributed by atoms with Crippen molar-refractivity contribution in [3.8, 4) is 5.75 Å². The fourth-order valence-electron chi connectivity index (χ4n) is 1.77. The number of aryl methyl sites for hydroxylation is 1. The number of ether oxygens (including phenoxy) is 1. The quantitative estimate of drug-likeness (QED) is 0.767. The van der Waals surface area contributed by atoms with Crippen molar-refractivity contribution in [3.63, 3.8) is 0 Å². The minimum Gasteiger partial charge on any atom is -0.497 e. The van der Waals surface area contributed by atoms with E-state index in [0.717, 1.165) is 17.7 Å². The topological polar surface area (TPSA) is 9.23 Å². The van der Waals surface area contributed by atoms with E-state index < -0.39 is 0 Å². The summed E-state index contributed by atoms with van der Waals surface area (Å²) in [5.74, 6) is 0.893. The SMILES string of the molecule is CCc1ccc([CH]c2cccc(OC)c2)cc1. The second kappa shape index (κ2) is 5.53. The van der Waals surface area contributed by atoms with E-state index in [2.05, 4.69) is 43.7 Å². The van der Waals surface area contributed by atoms with Gasteiger partial charge in [-0.3, -0.25) is 0 Å². The van der Waals surface area contributed by atoms with Crippen molar-refractivity contribution in [3.05, 3.63) is 71.6 Å². The molecule has 87 valence electrons. The van der Waals surface area contributed by atoms with Gasteiger partial charge in [0.2, 0.25) is 0 Å². The molecule has 0 aliphatic heterocycles. The molecule has 0 fully saturated rings. The fraction of sp³-hybridized carbons (Fsp3) is 0.188. The van der Waals surface area contributed by atoms with Crippen molar-refractivity contribution in [1.29, 1.82) is 0 Å². The van der Waals surface area contributed by atoms with Gasteiger partial charge in [-0.15, -0.1) is 0 Å². The normalized spacial score (nSPS) is 10.2. The standard InChI is InChI=1S/C16H17O/c1-3-13-7-9-14(10-8-13)11-15-5-4-6-16(12-15)17-2/h4-12H,3H2,1-2H3. The van der Waals surface area contributed by atoms with E-state index >= 15 is 0 Å². The van der Waals surface area contributed by atoms with Gasteiger partial charge in [0.15, 0.2) is 0 Å². The Morgan fingerprint density at radius 1 is 1.00 bits per heavy atom. The van der Waals surface area contributed by atoms with Crippen LogP contribution in [0.25, 0.3) is 0 Å². The average Bonchev–Trinajstić information content (AvgIpc) is 2.40. The summed E-state index contributed by atoms with van der Waals surface area (Å²) in [6.07, 6.45) is 3.24. The van der Waals surface area contributed by atoms with E-state index in [4.69, 9.17) is 4.74 Å². The number of hydrogen-bond acceptors (Lipinski definition) is 1. The van der Waals surface area contributed by atoms with Crippen LogP contribution in [0, 0.1) is 6.42 Å². The lowest BCUT2D eigenvalue weighted by Crippen LogP contribution is -1.88. The lowest BCUT2D eigenvalue weighted by atomic mass is 10.0. The van der Waals surface area contributed by atoms with Crippen LogP contribution in [0.5, 0.6) is 5.75 Å². The van der Waals surface area contributed by atoms with Crippen LogP contribution in [0.15, 0.2) is 48.5 Å². The largest absolute Gasteiger partial charge is 0.497 e. The first-order valence-corrected chi connectivity index (χ1v) is 5.89. The molecule has 2 aromatic carbocycles. The van der Waals surface area contributed by atoms with Crippen LogP contribution in [0.2, 0.25) is 0 Å². The zero-order chi connectivity index (χ0) is 12.1. The Balaban J connectivity index is 2.13. The van der Waals surface area contributed by atoms with Crippen LogP contribution in [0.1, 0.15) is 23.6 Å². The van der Waals surface area contributed by atoms with E-state index in [1.807, 2.05) is 18.2 Å². The van der Waals surface area contributed by atoms with Crippen molar-refractivity contribution in [2.24, 2.45) is 0 Å². The fourth-order valence-corrected chi connectivity index (χ4v) is 1.77. The van der Waals surface area contributed by atoms with Crippen molar-refractivity contribution >= 4 is 0 Å². The Bertz CT molecular complexity index is 471. The first-order chi connectivity index (χ1) is 8.31. The van der Waals surface area contributed by atoms with Crippen LogP contribution in [0.4, 0.5) is 0 Å². The third-order valence-electron chi connectivity index (χ3n) is 2.82. The van der Waals surface area contributed by atoms with Crippen LogP contribution in [-0.2, 0) is 6.42 Å². The number of methoxy groups -OCH3 is 1. The molecule has 1 heteroatoms. The summed E-state index contributed by atoms with van der Waals surface area (Å²) in [6, 6.07) is 16.7. The highest BCUT2D eigenvalue weighted by Crippen LogP contribution is 2.18. The Labute approximate surface area is 103 Å². The number of benzene rings is 2. The molecule has 17 heavy (non-hydrogen) atoms. The number of rotatable bonds is 4. The third-order valence-corrected chi connectivity index (χ3v) is 2.82.